The van der Waals surface area contributed by atoms with Gasteiger partial charge in [-0.1, -0.05) is 19.9 Å². The van der Waals surface area contributed by atoms with E-state index in [4.69, 9.17) is 0 Å². The van der Waals surface area contributed by atoms with Crippen molar-refractivity contribution in [3.05, 3.63) is 22.4 Å². The molecular formula is C13H22N2S. The Morgan fingerprint density at radius 1 is 1.50 bits per heavy atom. The van der Waals surface area contributed by atoms with E-state index in [1.54, 1.807) is 0 Å². The summed E-state index contributed by atoms with van der Waals surface area (Å²) in [5, 5.41) is 5.58. The molecule has 1 atom stereocenters. The molecule has 16 heavy (non-hydrogen) atoms. The molecule has 1 aliphatic heterocycles. The molecule has 1 unspecified atom stereocenters. The zero-order chi connectivity index (χ0) is 11.4. The number of rotatable bonds is 6. The molecule has 1 saturated heterocycles. The van der Waals surface area contributed by atoms with Gasteiger partial charge >= 0.3 is 0 Å². The summed E-state index contributed by atoms with van der Waals surface area (Å²) in [5.41, 5.74) is 0. The van der Waals surface area contributed by atoms with Crippen LogP contribution in [0.2, 0.25) is 0 Å². The van der Waals surface area contributed by atoms with Crippen LogP contribution in [-0.4, -0.2) is 30.6 Å². The van der Waals surface area contributed by atoms with Gasteiger partial charge in [-0.3, -0.25) is 4.90 Å². The van der Waals surface area contributed by atoms with Gasteiger partial charge in [0.25, 0.3) is 0 Å². The van der Waals surface area contributed by atoms with Crippen LogP contribution in [0.15, 0.2) is 17.5 Å². The third kappa shape index (κ3) is 2.47. The smallest absolute Gasteiger partial charge is 0.0442 e. The first-order valence-electron chi connectivity index (χ1n) is 6.36. The van der Waals surface area contributed by atoms with E-state index in [0.717, 1.165) is 6.04 Å². The summed E-state index contributed by atoms with van der Waals surface area (Å²) in [6.45, 7) is 8.14. The topological polar surface area (TPSA) is 15.3 Å². The molecule has 0 radical (unpaired) electrons. The van der Waals surface area contributed by atoms with E-state index in [1.807, 2.05) is 11.3 Å². The molecule has 2 heterocycles. The fourth-order valence-electron chi connectivity index (χ4n) is 2.44. The lowest BCUT2D eigenvalue weighted by atomic mass is 10.0. The second-order valence-electron chi connectivity index (χ2n) is 4.49. The highest BCUT2D eigenvalue weighted by Gasteiger charge is 2.29. The Bertz CT molecular complexity index is 293. The van der Waals surface area contributed by atoms with Crippen molar-refractivity contribution in [2.24, 2.45) is 0 Å². The molecule has 0 aromatic carbocycles. The van der Waals surface area contributed by atoms with Crippen molar-refractivity contribution in [1.29, 1.82) is 0 Å². The zero-order valence-corrected chi connectivity index (χ0v) is 11.1. The molecule has 0 aliphatic carbocycles. The maximum absolute atomic E-state index is 3.39. The van der Waals surface area contributed by atoms with Crippen LogP contribution in [0.1, 0.15) is 37.6 Å². The summed E-state index contributed by atoms with van der Waals surface area (Å²) in [4.78, 5) is 4.23. The minimum absolute atomic E-state index is 0.632. The van der Waals surface area contributed by atoms with Crippen LogP contribution in [0.25, 0.3) is 0 Å². The highest BCUT2D eigenvalue weighted by molar-refractivity contribution is 7.10. The summed E-state index contributed by atoms with van der Waals surface area (Å²) < 4.78 is 0. The minimum Gasteiger partial charge on any atom is -0.314 e. The fourth-order valence-corrected chi connectivity index (χ4v) is 3.37. The third-order valence-electron chi connectivity index (χ3n) is 3.37. The average Bonchev–Trinajstić information content (AvgIpc) is 2.70. The number of hydrogen-bond donors (Lipinski definition) is 1. The van der Waals surface area contributed by atoms with Crippen molar-refractivity contribution in [1.82, 2.24) is 10.2 Å². The Balaban J connectivity index is 2.09. The van der Waals surface area contributed by atoms with Gasteiger partial charge in [-0.2, -0.15) is 0 Å². The molecule has 2 nitrogen and oxygen atoms in total. The highest BCUT2D eigenvalue weighted by Crippen LogP contribution is 2.30. The zero-order valence-electron chi connectivity index (χ0n) is 10.3. The normalized spacial score (nSPS) is 18.7. The van der Waals surface area contributed by atoms with Gasteiger partial charge in [0.05, 0.1) is 0 Å². The molecule has 0 bridgehead atoms. The summed E-state index contributed by atoms with van der Waals surface area (Å²) in [5.74, 6) is 0. The SMILES string of the molecule is CCCN(C1CNC1)C(CC)c1cccs1. The van der Waals surface area contributed by atoms with E-state index < -0.39 is 0 Å². The second kappa shape index (κ2) is 5.80. The molecular weight excluding hydrogens is 216 g/mol. The van der Waals surface area contributed by atoms with Crippen LogP contribution < -0.4 is 5.32 Å². The van der Waals surface area contributed by atoms with Gasteiger partial charge < -0.3 is 5.32 Å². The number of nitrogens with zero attached hydrogens (tertiary/aromatic N) is 1. The molecule has 1 fully saturated rings. The monoisotopic (exact) mass is 238 g/mol. The van der Waals surface area contributed by atoms with Crippen LogP contribution in [0.3, 0.4) is 0 Å². The Hall–Kier alpha value is -0.380. The van der Waals surface area contributed by atoms with E-state index in [9.17, 15) is 0 Å². The summed E-state index contributed by atoms with van der Waals surface area (Å²) in [6, 6.07) is 5.85. The van der Waals surface area contributed by atoms with E-state index in [-0.39, 0.29) is 0 Å². The molecule has 1 N–H and O–H groups in total. The van der Waals surface area contributed by atoms with Crippen molar-refractivity contribution in [3.8, 4) is 0 Å². The lowest BCUT2D eigenvalue weighted by molar-refractivity contribution is 0.0933. The van der Waals surface area contributed by atoms with Gasteiger partial charge in [0.2, 0.25) is 0 Å². The Morgan fingerprint density at radius 3 is 2.75 bits per heavy atom. The van der Waals surface area contributed by atoms with Crippen LogP contribution in [-0.2, 0) is 0 Å². The van der Waals surface area contributed by atoms with E-state index in [0.29, 0.717) is 6.04 Å². The van der Waals surface area contributed by atoms with Gasteiger partial charge in [-0.15, -0.1) is 11.3 Å². The highest BCUT2D eigenvalue weighted by atomic mass is 32.1. The second-order valence-corrected chi connectivity index (χ2v) is 5.47. The molecule has 1 aromatic rings. The lowest BCUT2D eigenvalue weighted by Crippen LogP contribution is -2.58. The molecule has 1 aliphatic rings. The Morgan fingerprint density at radius 2 is 2.31 bits per heavy atom. The molecule has 0 spiro atoms. The number of nitrogens with one attached hydrogen (secondary N) is 1. The summed E-state index contributed by atoms with van der Waals surface area (Å²) in [6.07, 6.45) is 2.47. The predicted molar refractivity (Wildman–Crippen MR) is 71.0 cm³/mol. The van der Waals surface area contributed by atoms with Gasteiger partial charge in [0.15, 0.2) is 0 Å². The van der Waals surface area contributed by atoms with E-state index in [1.165, 1.54) is 37.4 Å². The molecule has 3 heteroatoms. The Labute approximate surface area is 103 Å². The van der Waals surface area contributed by atoms with Gasteiger partial charge in [-0.05, 0) is 30.8 Å². The van der Waals surface area contributed by atoms with Crippen LogP contribution in [0, 0.1) is 0 Å². The molecule has 2 rings (SSSR count). The quantitative estimate of drug-likeness (QED) is 0.820. The molecule has 0 saturated carbocycles. The maximum Gasteiger partial charge on any atom is 0.0442 e. The van der Waals surface area contributed by atoms with Gasteiger partial charge in [0.1, 0.15) is 0 Å². The van der Waals surface area contributed by atoms with Crippen molar-refractivity contribution >= 4 is 11.3 Å². The first-order chi connectivity index (χ1) is 7.86. The van der Waals surface area contributed by atoms with Gasteiger partial charge in [-0.25, -0.2) is 0 Å². The predicted octanol–water partition coefficient (Wildman–Crippen LogP) is 2.88. The number of thiophene rings is 1. The largest absolute Gasteiger partial charge is 0.314 e. The summed E-state index contributed by atoms with van der Waals surface area (Å²) >= 11 is 1.90. The van der Waals surface area contributed by atoms with Crippen LogP contribution in [0.5, 0.6) is 0 Å². The average molecular weight is 238 g/mol. The minimum atomic E-state index is 0.632. The lowest BCUT2D eigenvalue weighted by Gasteiger charge is -2.42. The first kappa shape index (κ1) is 12.1. The fraction of sp³-hybridized carbons (Fsp3) is 0.692. The maximum atomic E-state index is 3.39. The molecule has 1 aromatic heterocycles. The van der Waals surface area contributed by atoms with Crippen molar-refractivity contribution < 1.29 is 0 Å². The molecule has 90 valence electrons. The van der Waals surface area contributed by atoms with Crippen molar-refractivity contribution in [2.45, 2.75) is 38.8 Å². The Kier molecular flexibility index (Phi) is 4.38. The van der Waals surface area contributed by atoms with Crippen LogP contribution in [0.4, 0.5) is 0 Å². The summed E-state index contributed by atoms with van der Waals surface area (Å²) in [7, 11) is 0. The third-order valence-corrected chi connectivity index (χ3v) is 4.34. The standard InChI is InChI=1S/C13H22N2S/c1-3-7-15(11-9-14-10-11)12(4-2)13-6-5-8-16-13/h5-6,8,11-12,14H,3-4,7,9-10H2,1-2H3. The van der Waals surface area contributed by atoms with E-state index in [2.05, 4.69) is 41.6 Å². The van der Waals surface area contributed by atoms with Crippen LogP contribution >= 0.6 is 11.3 Å². The first-order valence-corrected chi connectivity index (χ1v) is 7.24. The number of hydrogen-bond acceptors (Lipinski definition) is 3. The van der Waals surface area contributed by atoms with Crippen molar-refractivity contribution in [2.75, 3.05) is 19.6 Å². The molecule has 0 amide bonds. The van der Waals surface area contributed by atoms with E-state index >= 15 is 0 Å². The van der Waals surface area contributed by atoms with Crippen molar-refractivity contribution in [3.63, 3.8) is 0 Å². The van der Waals surface area contributed by atoms with Gasteiger partial charge in [0, 0.05) is 30.1 Å².